The average Bonchev–Trinajstić information content (AvgIpc) is 2.85. The summed E-state index contributed by atoms with van der Waals surface area (Å²) in [4.78, 5) is 15.4. The molecular formula is C25H34ClN3O4S. The molecule has 186 valence electrons. The summed E-state index contributed by atoms with van der Waals surface area (Å²) in [6, 6.07) is 13.3. The Balaban J connectivity index is 1.69. The van der Waals surface area contributed by atoms with Gasteiger partial charge in [0.2, 0.25) is 5.91 Å². The quantitative estimate of drug-likeness (QED) is 0.458. The normalized spacial score (nSPS) is 16.7. The van der Waals surface area contributed by atoms with Crippen molar-refractivity contribution in [2.24, 2.45) is 0 Å². The lowest BCUT2D eigenvalue weighted by molar-refractivity contribution is -0.119. The van der Waals surface area contributed by atoms with Crippen molar-refractivity contribution in [2.45, 2.75) is 50.0 Å². The largest absolute Gasteiger partial charge is 0.495 e. The third-order valence-corrected chi connectivity index (χ3v) is 8.29. The second-order valence-electron chi connectivity index (χ2n) is 8.44. The van der Waals surface area contributed by atoms with Gasteiger partial charge in [0.25, 0.3) is 10.0 Å². The number of hydrogen-bond donors (Lipinski definition) is 1. The van der Waals surface area contributed by atoms with Crippen molar-refractivity contribution in [2.75, 3.05) is 37.6 Å². The van der Waals surface area contributed by atoms with Gasteiger partial charge < -0.3 is 15.0 Å². The Kier molecular flexibility index (Phi) is 9.62. The number of piperidine rings is 1. The van der Waals surface area contributed by atoms with Crippen LogP contribution in [0.1, 0.15) is 39.0 Å². The molecule has 1 aliphatic rings. The predicted octanol–water partition coefficient (Wildman–Crippen LogP) is 4.31. The molecule has 0 spiro atoms. The monoisotopic (exact) mass is 507 g/mol. The van der Waals surface area contributed by atoms with Crippen LogP contribution in [0.4, 0.5) is 5.69 Å². The number of hydrogen-bond acceptors (Lipinski definition) is 5. The van der Waals surface area contributed by atoms with Crippen LogP contribution in [-0.2, 0) is 14.8 Å². The maximum absolute atomic E-state index is 13.4. The number of halogens is 1. The second-order valence-corrected chi connectivity index (χ2v) is 10.7. The summed E-state index contributed by atoms with van der Waals surface area (Å²) in [6.07, 6.45) is 5.71. The molecule has 1 heterocycles. The summed E-state index contributed by atoms with van der Waals surface area (Å²) in [5.41, 5.74) is 0.295. The first-order valence-electron chi connectivity index (χ1n) is 11.8. The van der Waals surface area contributed by atoms with Crippen molar-refractivity contribution >= 4 is 33.2 Å². The number of nitrogens with zero attached hydrogens (tertiary/aromatic N) is 2. The zero-order valence-electron chi connectivity index (χ0n) is 19.9. The number of ether oxygens (including phenoxy) is 1. The van der Waals surface area contributed by atoms with E-state index in [0.717, 1.165) is 30.2 Å². The number of benzene rings is 2. The van der Waals surface area contributed by atoms with E-state index in [-0.39, 0.29) is 22.4 Å². The molecule has 1 amide bonds. The fourth-order valence-electron chi connectivity index (χ4n) is 4.36. The van der Waals surface area contributed by atoms with Crippen LogP contribution >= 0.6 is 11.6 Å². The number of nitrogens with one attached hydrogen (secondary N) is 1. The molecule has 2 aromatic rings. The highest BCUT2D eigenvalue weighted by Gasteiger charge is 2.28. The van der Waals surface area contributed by atoms with Gasteiger partial charge in [0.15, 0.2) is 0 Å². The minimum atomic E-state index is -3.98. The Morgan fingerprint density at radius 2 is 1.97 bits per heavy atom. The third kappa shape index (κ3) is 6.64. The number of carbonyl (C=O) groups excluding carboxylic acids is 1. The molecule has 3 rings (SSSR count). The molecule has 0 radical (unpaired) electrons. The summed E-state index contributed by atoms with van der Waals surface area (Å²) < 4.78 is 33.1. The number of carbonyl (C=O) groups is 1. The summed E-state index contributed by atoms with van der Waals surface area (Å²) in [5.74, 6) is 0.0622. The van der Waals surface area contributed by atoms with Crippen molar-refractivity contribution in [3.8, 4) is 5.75 Å². The van der Waals surface area contributed by atoms with Gasteiger partial charge in [-0.2, -0.15) is 0 Å². The van der Waals surface area contributed by atoms with Crippen LogP contribution in [0.5, 0.6) is 5.75 Å². The molecule has 1 N–H and O–H groups in total. The van der Waals surface area contributed by atoms with E-state index in [9.17, 15) is 13.2 Å². The van der Waals surface area contributed by atoms with Gasteiger partial charge in [-0.25, -0.2) is 8.42 Å². The fourth-order valence-corrected chi connectivity index (χ4v) is 6.04. The van der Waals surface area contributed by atoms with Gasteiger partial charge in [-0.1, -0.05) is 43.1 Å². The molecule has 1 aliphatic heterocycles. The number of methoxy groups -OCH3 is 1. The Bertz CT molecular complexity index is 1050. The Morgan fingerprint density at radius 1 is 1.21 bits per heavy atom. The smallest absolute Gasteiger partial charge is 0.264 e. The molecular weight excluding hydrogens is 474 g/mol. The van der Waals surface area contributed by atoms with Gasteiger partial charge >= 0.3 is 0 Å². The first kappa shape index (κ1) is 26.3. The first-order valence-corrected chi connectivity index (χ1v) is 13.6. The van der Waals surface area contributed by atoms with Crippen LogP contribution < -0.4 is 14.4 Å². The highest BCUT2D eigenvalue weighted by atomic mass is 35.5. The molecule has 1 atom stereocenters. The van der Waals surface area contributed by atoms with Crippen molar-refractivity contribution in [3.05, 3.63) is 53.6 Å². The van der Waals surface area contributed by atoms with Gasteiger partial charge in [0.1, 0.15) is 12.3 Å². The van der Waals surface area contributed by atoms with E-state index < -0.39 is 10.0 Å². The van der Waals surface area contributed by atoms with Gasteiger partial charge in [-0.15, -0.1) is 0 Å². The van der Waals surface area contributed by atoms with E-state index in [4.69, 9.17) is 16.3 Å². The average molecular weight is 508 g/mol. The third-order valence-electron chi connectivity index (χ3n) is 6.21. The number of rotatable bonds is 11. The van der Waals surface area contributed by atoms with E-state index in [1.165, 1.54) is 44.6 Å². The molecule has 1 fully saturated rings. The van der Waals surface area contributed by atoms with E-state index in [2.05, 4.69) is 17.1 Å². The second kappa shape index (κ2) is 12.4. The van der Waals surface area contributed by atoms with Gasteiger partial charge in [0.05, 0.1) is 22.7 Å². The zero-order chi connectivity index (χ0) is 24.6. The lowest BCUT2D eigenvalue weighted by Gasteiger charge is -2.35. The summed E-state index contributed by atoms with van der Waals surface area (Å²) in [6.45, 7) is 4.40. The first-order chi connectivity index (χ1) is 16.4. The van der Waals surface area contributed by atoms with Crippen LogP contribution in [0.3, 0.4) is 0 Å². The molecule has 34 heavy (non-hydrogen) atoms. The SMILES string of the molecule is CCC1CCCCN1CCCNC(=O)CN(c1ccc(OC)c(Cl)c1)S(=O)(=O)c1ccccc1. The molecule has 9 heteroatoms. The van der Waals surface area contributed by atoms with Crippen LogP contribution in [0.25, 0.3) is 0 Å². The van der Waals surface area contributed by atoms with E-state index >= 15 is 0 Å². The highest BCUT2D eigenvalue weighted by Crippen LogP contribution is 2.31. The molecule has 7 nitrogen and oxygen atoms in total. The molecule has 2 aromatic carbocycles. The van der Waals surface area contributed by atoms with Crippen LogP contribution in [-0.4, -0.2) is 58.6 Å². The van der Waals surface area contributed by atoms with E-state index in [1.54, 1.807) is 30.3 Å². The van der Waals surface area contributed by atoms with Crippen molar-refractivity contribution < 1.29 is 17.9 Å². The molecule has 1 saturated heterocycles. The van der Waals surface area contributed by atoms with Gasteiger partial charge in [-0.3, -0.25) is 9.10 Å². The van der Waals surface area contributed by atoms with Crippen LogP contribution in [0.2, 0.25) is 5.02 Å². The van der Waals surface area contributed by atoms with E-state index in [1.807, 2.05) is 0 Å². The highest BCUT2D eigenvalue weighted by molar-refractivity contribution is 7.92. The lowest BCUT2D eigenvalue weighted by Crippen LogP contribution is -2.43. The van der Waals surface area contributed by atoms with Gasteiger partial charge in [0, 0.05) is 19.1 Å². The molecule has 0 saturated carbocycles. The van der Waals surface area contributed by atoms with Crippen molar-refractivity contribution in [1.82, 2.24) is 10.2 Å². The van der Waals surface area contributed by atoms with Crippen molar-refractivity contribution in [3.63, 3.8) is 0 Å². The Labute approximate surface area is 208 Å². The Morgan fingerprint density at radius 3 is 2.65 bits per heavy atom. The minimum absolute atomic E-state index is 0.102. The maximum atomic E-state index is 13.4. The van der Waals surface area contributed by atoms with Gasteiger partial charge in [-0.05, 0) is 62.6 Å². The molecule has 0 bridgehead atoms. The summed E-state index contributed by atoms with van der Waals surface area (Å²) in [7, 11) is -2.49. The lowest BCUT2D eigenvalue weighted by atomic mass is 10.00. The van der Waals surface area contributed by atoms with Crippen molar-refractivity contribution in [1.29, 1.82) is 0 Å². The number of anilines is 1. The van der Waals surface area contributed by atoms with Crippen LogP contribution in [0, 0.1) is 0 Å². The zero-order valence-corrected chi connectivity index (χ0v) is 21.4. The minimum Gasteiger partial charge on any atom is -0.495 e. The standard InChI is InChI=1S/C25H34ClN3O4S/c1-3-20-10-7-8-16-28(20)17-9-15-27-25(30)19-29(21-13-14-24(33-2)23(26)18-21)34(31,32)22-11-5-4-6-12-22/h4-6,11-14,18,20H,3,7-10,15-17,19H2,1-2H3,(H,27,30). The molecule has 0 aromatic heterocycles. The molecule has 0 aliphatic carbocycles. The topological polar surface area (TPSA) is 79.0 Å². The number of sulfonamides is 1. The maximum Gasteiger partial charge on any atom is 0.264 e. The summed E-state index contributed by atoms with van der Waals surface area (Å²) >= 11 is 6.25. The fraction of sp³-hybridized carbons (Fsp3) is 0.480. The summed E-state index contributed by atoms with van der Waals surface area (Å²) in [5, 5.41) is 3.15. The molecule has 1 unspecified atom stereocenters. The number of amides is 1. The Hall–Kier alpha value is -2.29. The predicted molar refractivity (Wildman–Crippen MR) is 136 cm³/mol. The van der Waals surface area contributed by atoms with E-state index in [0.29, 0.717) is 24.0 Å². The van der Waals surface area contributed by atoms with Crippen LogP contribution in [0.15, 0.2) is 53.4 Å². The number of likely N-dealkylation sites (tertiary alicyclic amines) is 1.